The molecule has 0 atom stereocenters. The van der Waals surface area contributed by atoms with Crippen molar-refractivity contribution < 1.29 is 4.79 Å². The van der Waals surface area contributed by atoms with Gasteiger partial charge in [-0.05, 0) is 57.7 Å². The molecule has 2 N–H and O–H groups in total. The van der Waals surface area contributed by atoms with Crippen LogP contribution in [0.2, 0.25) is 0 Å². The fraction of sp³-hybridized carbons (Fsp3) is 0.450. The van der Waals surface area contributed by atoms with Crippen LogP contribution in [0.15, 0.2) is 30.6 Å². The monoisotopic (exact) mass is 383 g/mol. The second-order valence-electron chi connectivity index (χ2n) is 7.08. The number of hydrogen-bond donors (Lipinski definition) is 2. The summed E-state index contributed by atoms with van der Waals surface area (Å²) in [5.74, 6) is 1.06. The molecule has 6 nitrogen and oxygen atoms in total. The summed E-state index contributed by atoms with van der Waals surface area (Å²) in [6.07, 6.45) is 8.06. The van der Waals surface area contributed by atoms with Gasteiger partial charge in [-0.1, -0.05) is 11.3 Å². The molecule has 0 spiro atoms. The van der Waals surface area contributed by atoms with Crippen molar-refractivity contribution in [3.63, 3.8) is 0 Å². The molecule has 1 aromatic heterocycles. The molecule has 142 valence electrons. The molecular weight excluding hydrogens is 358 g/mol. The van der Waals surface area contributed by atoms with E-state index < -0.39 is 0 Å². The van der Waals surface area contributed by atoms with E-state index in [0.29, 0.717) is 10.9 Å². The Morgan fingerprint density at radius 1 is 1.30 bits per heavy atom. The SMILES string of the molecule is CCNc1nc(C)c(C(=O)NC2CCC(n3cccc4ccnc3-4)CC2)s1. The number of carbonyl (C=O) groups excluding carboxylic acids is 1. The molecule has 2 aliphatic heterocycles. The molecule has 1 saturated carbocycles. The highest BCUT2D eigenvalue weighted by atomic mass is 32.1. The zero-order chi connectivity index (χ0) is 18.8. The maximum atomic E-state index is 12.7. The standard InChI is InChI=1S/C20H25N5OS/c1-3-21-20-23-13(2)17(27-20)19(26)24-15-6-8-16(9-7-15)25-12-4-5-14-10-11-22-18(14)25/h4-5,10-12,15-16H,3,6-9H2,1-2H3,(H,21,23)(H,24,26). The van der Waals surface area contributed by atoms with Gasteiger partial charge in [0.1, 0.15) is 10.7 Å². The highest BCUT2D eigenvalue weighted by Crippen LogP contribution is 2.33. The Bertz CT molecular complexity index is 894. The number of carbonyl (C=O) groups is 1. The fourth-order valence-corrected chi connectivity index (χ4v) is 4.81. The van der Waals surface area contributed by atoms with Gasteiger partial charge < -0.3 is 15.2 Å². The van der Waals surface area contributed by atoms with Crippen LogP contribution < -0.4 is 10.6 Å². The summed E-state index contributed by atoms with van der Waals surface area (Å²) in [6.45, 7) is 4.73. The molecule has 0 radical (unpaired) electrons. The third-order valence-electron chi connectivity index (χ3n) is 5.23. The lowest BCUT2D eigenvalue weighted by Crippen LogP contribution is -2.38. The number of rotatable bonds is 5. The summed E-state index contributed by atoms with van der Waals surface area (Å²) in [4.78, 5) is 22.3. The highest BCUT2D eigenvalue weighted by Gasteiger charge is 2.26. The molecular formula is C20H25N5OS. The number of thiazole rings is 1. The molecule has 0 bridgehead atoms. The van der Waals surface area contributed by atoms with E-state index in [4.69, 9.17) is 0 Å². The van der Waals surface area contributed by atoms with Crippen LogP contribution in [0.5, 0.6) is 0 Å². The quantitative estimate of drug-likeness (QED) is 0.696. The molecule has 1 aliphatic carbocycles. The third kappa shape index (κ3) is 3.69. The van der Waals surface area contributed by atoms with Gasteiger partial charge in [0.05, 0.1) is 5.69 Å². The molecule has 0 aromatic carbocycles. The summed E-state index contributed by atoms with van der Waals surface area (Å²) in [6, 6.07) is 6.92. The number of nitrogens with zero attached hydrogens (tertiary/aromatic N) is 3. The number of hydrogen-bond acceptors (Lipinski definition) is 5. The molecule has 3 aliphatic rings. The summed E-state index contributed by atoms with van der Waals surface area (Å²) < 4.78 is 2.30. The topological polar surface area (TPSA) is 71.8 Å². The first-order valence-corrected chi connectivity index (χ1v) is 10.4. The number of anilines is 1. The van der Waals surface area contributed by atoms with Gasteiger partial charge in [-0.15, -0.1) is 0 Å². The maximum Gasteiger partial charge on any atom is 0.263 e. The summed E-state index contributed by atoms with van der Waals surface area (Å²) in [5.41, 5.74) is 1.98. The Morgan fingerprint density at radius 3 is 2.89 bits per heavy atom. The number of fused-ring (bicyclic) bond motifs is 1. The van der Waals surface area contributed by atoms with E-state index in [1.54, 1.807) is 0 Å². The van der Waals surface area contributed by atoms with Crippen LogP contribution in [0.1, 0.15) is 54.0 Å². The van der Waals surface area contributed by atoms with Crippen LogP contribution in [0.4, 0.5) is 5.13 Å². The van der Waals surface area contributed by atoms with Crippen molar-refractivity contribution >= 4 is 22.4 Å². The molecule has 1 fully saturated rings. The Labute approximate surface area is 163 Å². The van der Waals surface area contributed by atoms with Gasteiger partial charge in [0.25, 0.3) is 5.91 Å². The number of pyridine rings is 1. The van der Waals surface area contributed by atoms with Crippen LogP contribution >= 0.6 is 11.3 Å². The first kappa shape index (κ1) is 18.0. The Hall–Kier alpha value is -2.41. The lowest BCUT2D eigenvalue weighted by molar-refractivity contribution is 0.0926. The number of amides is 1. The van der Waals surface area contributed by atoms with Gasteiger partial charge in [0, 0.05) is 36.6 Å². The predicted molar refractivity (Wildman–Crippen MR) is 109 cm³/mol. The lowest BCUT2D eigenvalue weighted by atomic mass is 9.90. The first-order valence-electron chi connectivity index (χ1n) is 9.59. The molecule has 3 heterocycles. The first-order chi connectivity index (χ1) is 13.2. The molecule has 4 rings (SSSR count). The van der Waals surface area contributed by atoms with Crippen molar-refractivity contribution in [3.8, 4) is 11.4 Å². The average Bonchev–Trinajstić information content (AvgIpc) is 3.29. The van der Waals surface area contributed by atoms with E-state index >= 15 is 0 Å². The van der Waals surface area contributed by atoms with Crippen LogP contribution in [0, 0.1) is 6.92 Å². The van der Waals surface area contributed by atoms with E-state index in [-0.39, 0.29) is 11.9 Å². The summed E-state index contributed by atoms with van der Waals surface area (Å²) in [5, 5.41) is 7.21. The zero-order valence-electron chi connectivity index (χ0n) is 15.7. The van der Waals surface area contributed by atoms with Crippen LogP contribution in [-0.4, -0.2) is 33.0 Å². The molecule has 27 heavy (non-hydrogen) atoms. The third-order valence-corrected chi connectivity index (χ3v) is 6.35. The highest BCUT2D eigenvalue weighted by molar-refractivity contribution is 7.17. The molecule has 0 saturated heterocycles. The van der Waals surface area contributed by atoms with E-state index in [1.165, 1.54) is 16.9 Å². The van der Waals surface area contributed by atoms with E-state index in [9.17, 15) is 4.79 Å². The Balaban J connectivity index is 1.37. The molecule has 7 heteroatoms. The Morgan fingerprint density at radius 2 is 2.11 bits per heavy atom. The minimum Gasteiger partial charge on any atom is -0.362 e. The van der Waals surface area contributed by atoms with Gasteiger partial charge in [0.2, 0.25) is 0 Å². The van der Waals surface area contributed by atoms with Crippen LogP contribution in [0.3, 0.4) is 0 Å². The second-order valence-corrected chi connectivity index (χ2v) is 8.08. The van der Waals surface area contributed by atoms with Gasteiger partial charge in [-0.3, -0.25) is 4.79 Å². The second kappa shape index (κ2) is 7.68. The van der Waals surface area contributed by atoms with Gasteiger partial charge in [-0.25, -0.2) is 9.97 Å². The minimum atomic E-state index is 0.00468. The molecule has 1 aromatic rings. The van der Waals surface area contributed by atoms with Crippen molar-refractivity contribution in [2.45, 2.75) is 51.6 Å². The normalized spacial score (nSPS) is 19.9. The van der Waals surface area contributed by atoms with Crippen molar-refractivity contribution in [2.75, 3.05) is 11.9 Å². The van der Waals surface area contributed by atoms with Crippen molar-refractivity contribution in [3.05, 3.63) is 41.2 Å². The van der Waals surface area contributed by atoms with Crippen LogP contribution in [0.25, 0.3) is 11.4 Å². The van der Waals surface area contributed by atoms with E-state index in [2.05, 4.69) is 49.6 Å². The number of aryl methyl sites for hydroxylation is 1. The van der Waals surface area contributed by atoms with Crippen molar-refractivity contribution in [2.24, 2.45) is 0 Å². The zero-order valence-corrected chi connectivity index (χ0v) is 16.6. The van der Waals surface area contributed by atoms with Gasteiger partial charge >= 0.3 is 0 Å². The van der Waals surface area contributed by atoms with E-state index in [1.807, 2.05) is 20.0 Å². The fourth-order valence-electron chi connectivity index (χ4n) is 3.87. The Kier molecular flexibility index (Phi) is 5.11. The minimum absolute atomic E-state index is 0.00468. The summed E-state index contributed by atoms with van der Waals surface area (Å²) in [7, 11) is 0. The van der Waals surface area contributed by atoms with Crippen molar-refractivity contribution in [1.82, 2.24) is 19.9 Å². The number of nitrogens with one attached hydrogen (secondary N) is 2. The lowest BCUT2D eigenvalue weighted by Gasteiger charge is -2.31. The maximum absolute atomic E-state index is 12.7. The van der Waals surface area contributed by atoms with Crippen molar-refractivity contribution in [1.29, 1.82) is 0 Å². The summed E-state index contributed by atoms with van der Waals surface area (Å²) >= 11 is 1.43. The smallest absolute Gasteiger partial charge is 0.263 e. The van der Waals surface area contributed by atoms with Crippen LogP contribution in [-0.2, 0) is 0 Å². The van der Waals surface area contributed by atoms with Gasteiger partial charge in [0.15, 0.2) is 5.13 Å². The largest absolute Gasteiger partial charge is 0.362 e. The van der Waals surface area contributed by atoms with E-state index in [0.717, 1.165) is 48.9 Å². The average molecular weight is 384 g/mol. The predicted octanol–water partition coefficient (Wildman–Crippen LogP) is 4.10. The number of aromatic nitrogens is 3. The molecule has 1 amide bonds. The molecule has 0 unspecified atom stereocenters. The van der Waals surface area contributed by atoms with Gasteiger partial charge in [-0.2, -0.15) is 0 Å².